The standard InChI is InChI=1S/C7H8BNO3/c9-8(12)6-3-1-5(2-4-6)7(10)11/h1-4,12H,9H2,(H,10,11). The quantitative estimate of drug-likeness (QED) is 0.492. The summed E-state index contributed by atoms with van der Waals surface area (Å²) in [7, 11) is -1.05. The minimum absolute atomic E-state index is 0.180. The fourth-order valence-corrected chi connectivity index (χ4v) is 0.823. The highest BCUT2D eigenvalue weighted by Crippen LogP contribution is 1.95. The minimum Gasteiger partial charge on any atom is -0.478 e. The molecule has 1 aromatic rings. The molecule has 0 amide bonds. The molecule has 0 aliphatic carbocycles. The molecule has 62 valence electrons. The van der Waals surface area contributed by atoms with Crippen LogP contribution in [-0.2, 0) is 0 Å². The highest BCUT2D eigenvalue weighted by atomic mass is 16.4. The van der Waals surface area contributed by atoms with Crippen LogP contribution in [0.2, 0.25) is 0 Å². The van der Waals surface area contributed by atoms with Crippen molar-refractivity contribution in [3.8, 4) is 0 Å². The van der Waals surface area contributed by atoms with Gasteiger partial charge in [0.1, 0.15) is 0 Å². The van der Waals surface area contributed by atoms with Gasteiger partial charge in [-0.05, 0) is 17.6 Å². The maximum Gasteiger partial charge on any atom is 0.410 e. The molecule has 5 heteroatoms. The topological polar surface area (TPSA) is 83.5 Å². The maximum atomic E-state index is 10.4. The fourth-order valence-electron chi connectivity index (χ4n) is 0.823. The number of nitrogens with two attached hydrogens (primary N) is 1. The zero-order valence-corrected chi connectivity index (χ0v) is 6.27. The lowest BCUT2D eigenvalue weighted by Crippen LogP contribution is -2.39. The summed E-state index contributed by atoms with van der Waals surface area (Å²) in [6, 6.07) is 5.75. The van der Waals surface area contributed by atoms with Crippen LogP contribution in [0.1, 0.15) is 10.4 Å². The third-order valence-electron chi connectivity index (χ3n) is 1.50. The fraction of sp³-hybridized carbons (Fsp3) is 0. The van der Waals surface area contributed by atoms with E-state index in [1.54, 1.807) is 0 Å². The molecular weight excluding hydrogens is 157 g/mol. The number of rotatable bonds is 2. The van der Waals surface area contributed by atoms with Crippen LogP contribution in [0.3, 0.4) is 0 Å². The number of hydrogen-bond acceptors (Lipinski definition) is 3. The molecule has 0 saturated heterocycles. The van der Waals surface area contributed by atoms with Crippen LogP contribution in [-0.4, -0.2) is 23.2 Å². The number of carboxylic acids is 1. The zero-order chi connectivity index (χ0) is 9.14. The molecule has 0 aliphatic rings. The van der Waals surface area contributed by atoms with Crippen LogP contribution in [0.25, 0.3) is 0 Å². The van der Waals surface area contributed by atoms with Gasteiger partial charge in [0.05, 0.1) is 5.56 Å². The van der Waals surface area contributed by atoms with Crippen LogP contribution in [0.15, 0.2) is 24.3 Å². The van der Waals surface area contributed by atoms with Gasteiger partial charge in [-0.25, -0.2) is 4.79 Å². The van der Waals surface area contributed by atoms with Crippen molar-refractivity contribution in [1.82, 2.24) is 0 Å². The highest BCUT2D eigenvalue weighted by Gasteiger charge is 2.08. The largest absolute Gasteiger partial charge is 0.478 e. The summed E-state index contributed by atoms with van der Waals surface area (Å²) in [5, 5.41) is 17.4. The molecule has 0 saturated carbocycles. The maximum absolute atomic E-state index is 10.4. The second-order valence-corrected chi connectivity index (χ2v) is 2.37. The highest BCUT2D eigenvalue weighted by molar-refractivity contribution is 6.62. The van der Waals surface area contributed by atoms with E-state index in [0.29, 0.717) is 5.46 Å². The second kappa shape index (κ2) is 3.38. The van der Waals surface area contributed by atoms with Crippen LogP contribution in [0.4, 0.5) is 0 Å². The second-order valence-electron chi connectivity index (χ2n) is 2.37. The van der Waals surface area contributed by atoms with Gasteiger partial charge in [0.15, 0.2) is 0 Å². The van der Waals surface area contributed by atoms with Gasteiger partial charge in [-0.3, -0.25) is 0 Å². The van der Waals surface area contributed by atoms with Gasteiger partial charge in [0.25, 0.3) is 0 Å². The van der Waals surface area contributed by atoms with E-state index in [2.05, 4.69) is 0 Å². The van der Waals surface area contributed by atoms with E-state index in [0.717, 1.165) is 0 Å². The molecule has 0 bridgehead atoms. The molecule has 0 atom stereocenters. The van der Waals surface area contributed by atoms with Crippen molar-refractivity contribution < 1.29 is 14.9 Å². The molecule has 0 unspecified atom stereocenters. The Labute approximate surface area is 69.8 Å². The Morgan fingerprint density at radius 2 is 1.83 bits per heavy atom. The van der Waals surface area contributed by atoms with Gasteiger partial charge in [0.2, 0.25) is 0 Å². The first-order valence-corrected chi connectivity index (χ1v) is 3.38. The molecule has 4 N–H and O–H groups in total. The minimum atomic E-state index is -1.05. The first-order valence-electron chi connectivity index (χ1n) is 3.38. The number of aromatic carboxylic acids is 1. The van der Waals surface area contributed by atoms with Crippen molar-refractivity contribution in [2.24, 2.45) is 5.64 Å². The number of benzene rings is 1. The first kappa shape index (κ1) is 8.77. The Morgan fingerprint density at radius 3 is 2.17 bits per heavy atom. The molecule has 0 aliphatic heterocycles. The summed E-state index contributed by atoms with van der Waals surface area (Å²) in [5.74, 6) is -0.993. The van der Waals surface area contributed by atoms with Crippen LogP contribution in [0, 0.1) is 0 Å². The first-order chi connectivity index (χ1) is 5.61. The number of hydrogen-bond donors (Lipinski definition) is 3. The predicted molar refractivity (Wildman–Crippen MR) is 45.2 cm³/mol. The van der Waals surface area contributed by atoms with E-state index in [-0.39, 0.29) is 5.56 Å². The molecule has 0 heterocycles. The molecule has 0 aromatic heterocycles. The molecule has 1 aromatic carbocycles. The average Bonchev–Trinajstić information content (AvgIpc) is 2.04. The van der Waals surface area contributed by atoms with E-state index in [9.17, 15) is 4.79 Å². The lowest BCUT2D eigenvalue weighted by atomic mass is 9.76. The van der Waals surface area contributed by atoms with Crippen molar-refractivity contribution in [2.75, 3.05) is 0 Å². The van der Waals surface area contributed by atoms with Gasteiger partial charge in [0, 0.05) is 0 Å². The summed E-state index contributed by atoms with van der Waals surface area (Å²) >= 11 is 0. The average molecular weight is 165 g/mol. The number of carboxylic acid groups (broad SMARTS) is 1. The molecule has 12 heavy (non-hydrogen) atoms. The van der Waals surface area contributed by atoms with E-state index in [1.165, 1.54) is 24.3 Å². The summed E-state index contributed by atoms with van der Waals surface area (Å²) in [6.07, 6.45) is 0. The van der Waals surface area contributed by atoms with E-state index < -0.39 is 13.0 Å². The van der Waals surface area contributed by atoms with Crippen molar-refractivity contribution in [1.29, 1.82) is 0 Å². The van der Waals surface area contributed by atoms with Crippen molar-refractivity contribution in [3.63, 3.8) is 0 Å². The van der Waals surface area contributed by atoms with E-state index >= 15 is 0 Å². The van der Waals surface area contributed by atoms with Gasteiger partial charge in [-0.1, -0.05) is 12.1 Å². The van der Waals surface area contributed by atoms with Crippen molar-refractivity contribution in [3.05, 3.63) is 29.8 Å². The molecule has 1 rings (SSSR count). The van der Waals surface area contributed by atoms with Crippen LogP contribution < -0.4 is 11.1 Å². The molecule has 0 spiro atoms. The molecule has 4 nitrogen and oxygen atoms in total. The Hall–Kier alpha value is -1.33. The summed E-state index contributed by atoms with van der Waals surface area (Å²) in [5.41, 5.74) is 5.83. The van der Waals surface area contributed by atoms with E-state index in [4.69, 9.17) is 15.8 Å². The summed E-state index contributed by atoms with van der Waals surface area (Å²) in [4.78, 5) is 10.4. The molecular formula is C7H8BNO3. The van der Waals surface area contributed by atoms with E-state index in [1.807, 2.05) is 0 Å². The summed E-state index contributed by atoms with van der Waals surface area (Å²) in [6.45, 7) is 0. The third kappa shape index (κ3) is 1.84. The lowest BCUT2D eigenvalue weighted by Gasteiger charge is -1.99. The normalized spacial score (nSPS) is 9.50. The SMILES string of the molecule is NB(O)c1ccc(C(=O)O)cc1. The Bertz CT molecular complexity index is 283. The van der Waals surface area contributed by atoms with Crippen LogP contribution >= 0.6 is 0 Å². The lowest BCUT2D eigenvalue weighted by molar-refractivity contribution is 0.0697. The van der Waals surface area contributed by atoms with Gasteiger partial charge in [-0.15, -0.1) is 0 Å². The Morgan fingerprint density at radius 1 is 1.33 bits per heavy atom. The monoisotopic (exact) mass is 165 g/mol. The number of carbonyl (C=O) groups is 1. The van der Waals surface area contributed by atoms with Crippen LogP contribution in [0.5, 0.6) is 0 Å². The molecule has 0 fully saturated rings. The third-order valence-corrected chi connectivity index (χ3v) is 1.50. The Kier molecular flexibility index (Phi) is 2.47. The van der Waals surface area contributed by atoms with Crippen molar-refractivity contribution >= 4 is 18.5 Å². The smallest absolute Gasteiger partial charge is 0.410 e. The van der Waals surface area contributed by atoms with Gasteiger partial charge in [-0.2, -0.15) is 0 Å². The molecule has 0 radical (unpaired) electrons. The predicted octanol–water partition coefficient (Wildman–Crippen LogP) is -0.969. The zero-order valence-electron chi connectivity index (χ0n) is 6.27. The summed E-state index contributed by atoms with van der Waals surface area (Å²) < 4.78 is 0. The Balaban J connectivity index is 2.93. The van der Waals surface area contributed by atoms with Crippen molar-refractivity contribution in [2.45, 2.75) is 0 Å². The van der Waals surface area contributed by atoms with Gasteiger partial charge < -0.3 is 15.8 Å². The van der Waals surface area contributed by atoms with Gasteiger partial charge >= 0.3 is 13.0 Å².